The molecule has 10 rings (SSSR count). The van der Waals surface area contributed by atoms with Crippen LogP contribution in [-0.4, -0.2) is 10.4 Å². The Bertz CT molecular complexity index is 2600. The molecule has 272 valence electrons. The van der Waals surface area contributed by atoms with Gasteiger partial charge in [0.1, 0.15) is 0 Å². The highest BCUT2D eigenvalue weighted by Gasteiger charge is 2.35. The van der Waals surface area contributed by atoms with Gasteiger partial charge in [-0.05, 0) is 114 Å². The second-order valence-electron chi connectivity index (χ2n) is 15.4. The van der Waals surface area contributed by atoms with Crippen molar-refractivity contribution in [3.8, 4) is 22.3 Å². The summed E-state index contributed by atoms with van der Waals surface area (Å²) in [6, 6.07) is 47.2. The average molecular weight is 723 g/mol. The zero-order valence-corrected chi connectivity index (χ0v) is 31.8. The van der Waals surface area contributed by atoms with Crippen LogP contribution >= 0.6 is 0 Å². The molecule has 2 nitrogen and oxygen atoms in total. The van der Waals surface area contributed by atoms with Crippen molar-refractivity contribution in [3.63, 3.8) is 0 Å². The second-order valence-corrected chi connectivity index (χ2v) is 15.4. The van der Waals surface area contributed by atoms with Gasteiger partial charge in [-0.1, -0.05) is 152 Å². The number of fused-ring (bicyclic) bond motifs is 2. The maximum absolute atomic E-state index is 2.57. The summed E-state index contributed by atoms with van der Waals surface area (Å²) in [6.07, 6.45) is 32.9. The first-order chi connectivity index (χ1) is 27.8. The Kier molecular flexibility index (Phi) is 9.17. The lowest BCUT2D eigenvalue weighted by molar-refractivity contribution is 0.642. The normalized spacial score (nSPS) is 18.9. The number of anilines is 2. The average Bonchev–Trinajstić information content (AvgIpc) is 3.63. The Morgan fingerprint density at radius 3 is 1.95 bits per heavy atom. The van der Waals surface area contributed by atoms with Crippen molar-refractivity contribution in [2.24, 2.45) is 5.92 Å². The van der Waals surface area contributed by atoms with Crippen LogP contribution in [0.1, 0.15) is 55.3 Å². The predicted molar refractivity (Wildman–Crippen MR) is 238 cm³/mol. The Balaban J connectivity index is 1.13. The van der Waals surface area contributed by atoms with Crippen molar-refractivity contribution in [1.29, 1.82) is 0 Å². The van der Waals surface area contributed by atoms with Gasteiger partial charge in [-0.3, -0.25) is 0 Å². The number of allylic oxidation sites excluding steroid dienone is 11. The van der Waals surface area contributed by atoms with Crippen molar-refractivity contribution < 1.29 is 0 Å². The third-order valence-corrected chi connectivity index (χ3v) is 12.0. The van der Waals surface area contributed by atoms with E-state index < -0.39 is 0 Å². The number of hydrogen-bond donors (Lipinski definition) is 0. The first kappa shape index (κ1) is 34.1. The van der Waals surface area contributed by atoms with Crippen molar-refractivity contribution in [2.45, 2.75) is 44.6 Å². The molecular formula is C54H46N2. The summed E-state index contributed by atoms with van der Waals surface area (Å²) in [5, 5.41) is 0. The van der Waals surface area contributed by atoms with E-state index in [0.717, 1.165) is 12.8 Å². The third kappa shape index (κ3) is 6.26. The van der Waals surface area contributed by atoms with E-state index in [9.17, 15) is 0 Å². The molecule has 2 unspecified atom stereocenters. The van der Waals surface area contributed by atoms with E-state index in [2.05, 4.69) is 204 Å². The highest BCUT2D eigenvalue weighted by molar-refractivity contribution is 6.03. The van der Waals surface area contributed by atoms with Crippen molar-refractivity contribution in [1.82, 2.24) is 4.40 Å². The summed E-state index contributed by atoms with van der Waals surface area (Å²) in [5.41, 5.74) is 17.9. The highest BCUT2D eigenvalue weighted by Crippen LogP contribution is 2.48. The molecule has 56 heavy (non-hydrogen) atoms. The second kappa shape index (κ2) is 15.0. The monoisotopic (exact) mass is 722 g/mol. The highest BCUT2D eigenvalue weighted by atomic mass is 15.2. The molecule has 0 N–H and O–H groups in total. The molecule has 0 fully saturated rings. The summed E-state index contributed by atoms with van der Waals surface area (Å²) >= 11 is 0. The fourth-order valence-electron chi connectivity index (χ4n) is 9.33. The van der Waals surface area contributed by atoms with E-state index in [0.29, 0.717) is 0 Å². The Hall–Kier alpha value is -6.38. The van der Waals surface area contributed by atoms with Crippen LogP contribution in [0.5, 0.6) is 0 Å². The first-order valence-corrected chi connectivity index (χ1v) is 20.4. The predicted octanol–water partition coefficient (Wildman–Crippen LogP) is 14.2. The third-order valence-electron chi connectivity index (χ3n) is 12.0. The number of nitrogens with zero attached hydrogens (tertiary/aromatic N) is 2. The molecule has 2 atom stereocenters. The molecule has 2 aromatic heterocycles. The van der Waals surface area contributed by atoms with Gasteiger partial charge in [-0.25, -0.2) is 0 Å². The number of aromatic nitrogens is 1. The fraction of sp³-hybridized carbons (Fsp3) is 0.148. The van der Waals surface area contributed by atoms with Gasteiger partial charge in [0.25, 0.3) is 0 Å². The smallest absolute Gasteiger partial charge is 0.0629 e. The van der Waals surface area contributed by atoms with Crippen LogP contribution in [0, 0.1) is 5.92 Å². The molecule has 0 spiro atoms. The molecule has 0 radical (unpaired) electrons. The minimum atomic E-state index is 0.0642. The van der Waals surface area contributed by atoms with Gasteiger partial charge in [0, 0.05) is 40.2 Å². The van der Waals surface area contributed by atoms with E-state index in [1.54, 1.807) is 0 Å². The Labute approximate surface area is 331 Å². The lowest BCUT2D eigenvalue weighted by Crippen LogP contribution is -2.38. The van der Waals surface area contributed by atoms with E-state index >= 15 is 0 Å². The lowest BCUT2D eigenvalue weighted by atomic mass is 9.78. The van der Waals surface area contributed by atoms with E-state index in [1.165, 1.54) is 104 Å². The molecular weight excluding hydrogens is 677 g/mol. The molecule has 2 heteroatoms. The maximum Gasteiger partial charge on any atom is 0.0629 e. The maximum atomic E-state index is 2.57. The Morgan fingerprint density at radius 2 is 1.25 bits per heavy atom. The van der Waals surface area contributed by atoms with Crippen LogP contribution in [0.3, 0.4) is 0 Å². The van der Waals surface area contributed by atoms with Crippen LogP contribution in [0.25, 0.3) is 44.5 Å². The Morgan fingerprint density at radius 1 is 0.536 bits per heavy atom. The van der Waals surface area contributed by atoms with Crippen molar-refractivity contribution in [3.05, 3.63) is 217 Å². The summed E-state index contributed by atoms with van der Waals surface area (Å²) < 4.78 is 2.42. The quantitative estimate of drug-likeness (QED) is 0.152. The summed E-state index contributed by atoms with van der Waals surface area (Å²) in [7, 11) is 0. The molecule has 0 bridgehead atoms. The van der Waals surface area contributed by atoms with Gasteiger partial charge in [-0.2, -0.15) is 0 Å². The van der Waals surface area contributed by atoms with Gasteiger partial charge in [0.2, 0.25) is 0 Å². The van der Waals surface area contributed by atoms with E-state index in [4.69, 9.17) is 0 Å². The SMILES string of the molecule is C1=CC2=C(c3c(-c4ccccc4)c(-c4ccccc4)c4ccccn34)C=CC(N(c3ccc(C4=CCCC=C4)cc3)c3ccc(C4=CCCCC4)cc3)C2C=C1. The van der Waals surface area contributed by atoms with Gasteiger partial charge in [0.05, 0.1) is 17.3 Å². The minimum absolute atomic E-state index is 0.0642. The number of benzene rings is 4. The minimum Gasteiger partial charge on any atom is -0.334 e. The van der Waals surface area contributed by atoms with Gasteiger partial charge >= 0.3 is 0 Å². The number of hydrogen-bond acceptors (Lipinski definition) is 1. The van der Waals surface area contributed by atoms with Crippen LogP contribution in [0.15, 0.2) is 200 Å². The zero-order chi connectivity index (χ0) is 37.3. The molecule has 2 heterocycles. The number of rotatable bonds is 8. The molecule has 0 saturated heterocycles. The summed E-state index contributed by atoms with van der Waals surface area (Å²) in [6.45, 7) is 0. The molecule has 0 saturated carbocycles. The van der Waals surface area contributed by atoms with E-state index in [-0.39, 0.29) is 12.0 Å². The van der Waals surface area contributed by atoms with Gasteiger partial charge < -0.3 is 9.30 Å². The molecule has 0 amide bonds. The van der Waals surface area contributed by atoms with Gasteiger partial charge in [0.15, 0.2) is 0 Å². The standard InChI is InChI=1S/C54H46N2/c1-5-17-39(18-6-1)41-28-32-45(33-29-41)56(46-34-30-42(31-35-46)40-19-7-2-8-20-40)50-37-36-49(47-25-13-14-26-48(47)50)54-53(44-23-11-4-12-24-44)52(43-21-9-3-10-22-43)51-27-15-16-38-55(51)54/h3-5,9-19,21-38,48,50H,1-2,6-8,20H2. The lowest BCUT2D eigenvalue weighted by Gasteiger charge is -2.40. The zero-order valence-electron chi connectivity index (χ0n) is 31.8. The van der Waals surface area contributed by atoms with Crippen molar-refractivity contribution in [2.75, 3.05) is 4.90 Å². The largest absolute Gasteiger partial charge is 0.334 e. The van der Waals surface area contributed by atoms with Crippen LogP contribution in [-0.2, 0) is 0 Å². The van der Waals surface area contributed by atoms with Crippen molar-refractivity contribution >= 4 is 33.6 Å². The van der Waals surface area contributed by atoms with Crippen LogP contribution in [0.2, 0.25) is 0 Å². The molecule has 4 aliphatic carbocycles. The van der Waals surface area contributed by atoms with Crippen LogP contribution in [0.4, 0.5) is 11.4 Å². The molecule has 4 aromatic carbocycles. The molecule has 6 aromatic rings. The number of pyridine rings is 1. The summed E-state index contributed by atoms with van der Waals surface area (Å²) in [4.78, 5) is 2.57. The topological polar surface area (TPSA) is 7.65 Å². The molecule has 0 aliphatic heterocycles. The summed E-state index contributed by atoms with van der Waals surface area (Å²) in [5.74, 6) is 0.127. The fourth-order valence-corrected chi connectivity index (χ4v) is 9.33. The van der Waals surface area contributed by atoms with Gasteiger partial charge in [-0.15, -0.1) is 0 Å². The van der Waals surface area contributed by atoms with Crippen LogP contribution < -0.4 is 4.90 Å². The van der Waals surface area contributed by atoms with E-state index in [1.807, 2.05) is 0 Å². The first-order valence-electron chi connectivity index (χ1n) is 20.4. The molecule has 4 aliphatic rings.